The number of nitrogens with one attached hydrogen (secondary N) is 1. The molecule has 6 aromatic heterocycles. The molecule has 0 spiro atoms. The van der Waals surface area contributed by atoms with Gasteiger partial charge in [0.05, 0.1) is 49.7 Å². The Morgan fingerprint density at radius 3 is 1.22 bits per heavy atom. The number of aromatic nitrogens is 6. The van der Waals surface area contributed by atoms with Crippen LogP contribution in [-0.4, -0.2) is 78.5 Å². The number of alkyl halides is 3. The highest BCUT2D eigenvalue weighted by Gasteiger charge is 2.48. The summed E-state index contributed by atoms with van der Waals surface area (Å²) < 4.78 is 78.4. The maximum absolute atomic E-state index is 13.1. The van der Waals surface area contributed by atoms with E-state index in [0.717, 1.165) is 68.3 Å². The van der Waals surface area contributed by atoms with Crippen LogP contribution in [0.1, 0.15) is 54.1 Å². The van der Waals surface area contributed by atoms with Crippen LogP contribution in [0.25, 0.3) is 44.5 Å². The van der Waals surface area contributed by atoms with Gasteiger partial charge in [-0.1, -0.05) is 165 Å². The number of amides is 1. The van der Waals surface area contributed by atoms with E-state index in [1.807, 2.05) is 166 Å². The monoisotopic (exact) mass is 1310 g/mol. The highest BCUT2D eigenvalue weighted by molar-refractivity contribution is 7.88. The molecule has 0 unspecified atom stereocenters. The molecule has 0 aliphatic carbocycles. The van der Waals surface area contributed by atoms with E-state index >= 15 is 0 Å². The van der Waals surface area contributed by atoms with Crippen molar-refractivity contribution in [2.75, 3.05) is 6.61 Å². The number of aromatic hydroxyl groups is 1. The van der Waals surface area contributed by atoms with E-state index in [2.05, 4.69) is 57.6 Å². The van der Waals surface area contributed by atoms with Crippen LogP contribution in [0.4, 0.5) is 17.6 Å². The minimum Gasteiger partial charge on any atom is -0.506 e. The van der Waals surface area contributed by atoms with E-state index in [4.69, 9.17) is 14.9 Å². The first-order valence-corrected chi connectivity index (χ1v) is 30.5. The summed E-state index contributed by atoms with van der Waals surface area (Å²) in [6.07, 6.45) is 9.88. The minimum atomic E-state index is -5.60. The highest BCUT2D eigenvalue weighted by atomic mass is 32.2. The molecule has 0 atom stereocenters. The molecule has 1 amide bonds. The summed E-state index contributed by atoms with van der Waals surface area (Å²) in [4.78, 5) is 58.2. The van der Waals surface area contributed by atoms with E-state index in [0.29, 0.717) is 30.2 Å². The number of carbonyl (C=O) groups is 3. The molecule has 11 rings (SSSR count). The van der Waals surface area contributed by atoms with Gasteiger partial charge in [0.1, 0.15) is 11.6 Å². The number of esters is 1. The summed E-state index contributed by atoms with van der Waals surface area (Å²) >= 11 is 0. The molecule has 0 saturated heterocycles. The Labute approximate surface area is 550 Å². The molecule has 0 aliphatic rings. The van der Waals surface area contributed by atoms with Crippen LogP contribution in [0.3, 0.4) is 0 Å². The van der Waals surface area contributed by atoms with Gasteiger partial charge in [-0.3, -0.25) is 44.3 Å². The predicted octanol–water partition coefficient (Wildman–Crippen LogP) is 15.4. The van der Waals surface area contributed by atoms with Crippen molar-refractivity contribution < 1.29 is 59.5 Å². The third kappa shape index (κ3) is 27.2. The van der Waals surface area contributed by atoms with Crippen LogP contribution in [0.15, 0.2) is 256 Å². The lowest BCUT2D eigenvalue weighted by atomic mass is 10.1. The number of carboxylic acids is 1. The van der Waals surface area contributed by atoms with Crippen LogP contribution in [0.5, 0.6) is 11.5 Å². The fourth-order valence-electron chi connectivity index (χ4n) is 7.99. The molecule has 0 aliphatic heterocycles. The number of ether oxygens (including phenoxy) is 1. The number of halogens is 4. The van der Waals surface area contributed by atoms with Gasteiger partial charge >= 0.3 is 27.6 Å². The van der Waals surface area contributed by atoms with Crippen LogP contribution >= 0.6 is 0 Å². The average Bonchev–Trinajstić information content (AvgIpc) is 1.07. The molecule has 21 heteroatoms. The molecular weight excluding hydrogens is 1240 g/mol. The number of benzene rings is 5. The lowest BCUT2D eigenvalue weighted by Gasteiger charge is -2.08. The second-order valence-electron chi connectivity index (χ2n) is 20.2. The SMILES string of the molecule is C.CCOC(=O)Cc1ccc(-c2ccccc2)cn1.Cc1ccc(-c2ccccc2)cn1.Cc1ccc(O)cn1.Cc1ccc(OS(=O)(=O)C(F)(F)F)cn1.O=C(Cc1ccc(-c2ccccc2)cn1)NCc1cccc(F)c1.O=C(O)Cc1ccc(-c2ccccc2)cn1. The maximum atomic E-state index is 13.1. The number of aryl methyl sites for hydroxylation is 3. The standard InChI is InChI=1S/C20H17FN2O.C15H15NO2.C13H11NO2.C12H11N.C7H6F3NO3S.C6H7NO.CH4/c21-18-8-4-5-15(11-18)13-23-20(24)12-19-10-9-17(14-22-19)16-6-2-1-3-7-16;1-2-18-15(17)10-14-9-8-13(11-16-14)12-6-4-3-5-7-12;15-13(16)8-12-7-6-11(9-14-12)10-4-2-1-3-5-10;1-10-7-8-12(9-13-10)11-5-3-2-4-6-11;1-5-2-3-6(4-11-5)14-15(12,13)7(8,9)10;1-5-2-3-6(8)4-7-5;/h1-11,14H,12-13H2,(H,23,24);3-9,11H,2,10H2,1H3;1-7,9H,8H2,(H,15,16);2-9H,1H3;2-4H,1H3;2-4,8H,1H3;1H4. The van der Waals surface area contributed by atoms with Crippen LogP contribution in [-0.2, 0) is 55.0 Å². The summed E-state index contributed by atoms with van der Waals surface area (Å²) in [7, 11) is -5.60. The van der Waals surface area contributed by atoms with E-state index in [9.17, 15) is 40.4 Å². The Kier molecular flexibility index (Phi) is 30.2. The van der Waals surface area contributed by atoms with Crippen LogP contribution in [0.2, 0.25) is 0 Å². The first-order valence-electron chi connectivity index (χ1n) is 29.1. The van der Waals surface area contributed by atoms with Gasteiger partial charge in [-0.15, -0.1) is 0 Å². The number of nitrogens with zero attached hydrogens (tertiary/aromatic N) is 6. The smallest absolute Gasteiger partial charge is 0.506 e. The van der Waals surface area contributed by atoms with Crippen molar-refractivity contribution in [1.82, 2.24) is 35.2 Å². The number of carbonyl (C=O) groups excluding carboxylic acids is 2. The zero-order valence-corrected chi connectivity index (χ0v) is 52.5. The molecule has 16 nitrogen and oxygen atoms in total. The summed E-state index contributed by atoms with van der Waals surface area (Å²) in [5, 5.41) is 20.1. The Hall–Kier alpha value is -11.3. The number of hydrogen-bond acceptors (Lipinski definition) is 14. The Bertz CT molecular complexity index is 4150. The van der Waals surface area contributed by atoms with Crippen molar-refractivity contribution in [2.24, 2.45) is 0 Å². The zero-order chi connectivity index (χ0) is 67.7. The van der Waals surface area contributed by atoms with Crippen molar-refractivity contribution in [3.63, 3.8) is 0 Å². The van der Waals surface area contributed by atoms with E-state index < -0.39 is 27.3 Å². The molecule has 0 radical (unpaired) electrons. The second-order valence-corrected chi connectivity index (χ2v) is 21.7. The molecule has 3 N–H and O–H groups in total. The third-order valence-corrected chi connectivity index (χ3v) is 13.7. The average molecular weight is 1310 g/mol. The Morgan fingerprint density at radius 2 is 0.874 bits per heavy atom. The van der Waals surface area contributed by atoms with Gasteiger partial charge < -0.3 is 24.4 Å². The molecule has 5 aromatic carbocycles. The summed E-state index contributed by atoms with van der Waals surface area (Å²) in [6, 6.07) is 67.5. The minimum absolute atomic E-state index is 0. The molecule has 6 heterocycles. The number of rotatable bonds is 15. The number of pyridine rings is 6. The molecule has 0 bridgehead atoms. The summed E-state index contributed by atoms with van der Waals surface area (Å²) in [5.74, 6) is -1.80. The first-order chi connectivity index (χ1) is 45.1. The van der Waals surface area contributed by atoms with Gasteiger partial charge in [0.25, 0.3) is 0 Å². The maximum Gasteiger partial charge on any atom is 0.534 e. The van der Waals surface area contributed by atoms with E-state index in [1.54, 1.807) is 62.8 Å². The fraction of sp³-hybridized carbons (Fsp3) is 0.149. The number of carboxylic acid groups (broad SMARTS) is 1. The van der Waals surface area contributed by atoms with Crippen LogP contribution < -0.4 is 9.50 Å². The van der Waals surface area contributed by atoms with E-state index in [1.165, 1.54) is 35.5 Å². The molecule has 0 fully saturated rings. The first kappa shape index (κ1) is 74.4. The molecule has 95 heavy (non-hydrogen) atoms. The van der Waals surface area contributed by atoms with Crippen molar-refractivity contribution in [3.8, 4) is 56.0 Å². The largest absolute Gasteiger partial charge is 0.534 e. The quantitative estimate of drug-likeness (QED) is 0.0375. The molecular formula is C74H71F4N7O9S. The van der Waals surface area contributed by atoms with Gasteiger partial charge in [-0.25, -0.2) is 4.39 Å². The second kappa shape index (κ2) is 38.5. The number of hydrogen-bond donors (Lipinski definition) is 3. The lowest BCUT2D eigenvalue weighted by Crippen LogP contribution is -2.28. The molecule has 490 valence electrons. The highest BCUT2D eigenvalue weighted by Crippen LogP contribution is 2.27. The Balaban J connectivity index is 0.000000211. The summed E-state index contributed by atoms with van der Waals surface area (Å²) in [6.45, 7) is 7.97. The fourth-order valence-corrected chi connectivity index (χ4v) is 8.43. The molecule has 0 saturated carbocycles. The van der Waals surface area contributed by atoms with Crippen molar-refractivity contribution >= 4 is 28.0 Å². The van der Waals surface area contributed by atoms with Crippen LogP contribution in [0, 0.1) is 26.6 Å². The Morgan fingerprint density at radius 1 is 0.474 bits per heavy atom. The lowest BCUT2D eigenvalue weighted by molar-refractivity contribution is -0.142. The zero-order valence-electron chi connectivity index (χ0n) is 51.6. The van der Waals surface area contributed by atoms with Gasteiger partial charge in [0.15, 0.2) is 5.75 Å². The van der Waals surface area contributed by atoms with Crippen molar-refractivity contribution in [2.45, 2.75) is 66.4 Å². The summed E-state index contributed by atoms with van der Waals surface area (Å²) in [5.41, 5.74) is 8.55. The van der Waals surface area contributed by atoms with Gasteiger partial charge in [-0.05, 0) is 116 Å². The van der Waals surface area contributed by atoms with E-state index in [-0.39, 0.29) is 50.1 Å². The van der Waals surface area contributed by atoms with Crippen molar-refractivity contribution in [3.05, 3.63) is 301 Å². The number of aliphatic carboxylic acids is 1. The third-order valence-electron chi connectivity index (χ3n) is 12.8. The van der Waals surface area contributed by atoms with Gasteiger partial charge in [-0.2, -0.15) is 21.6 Å². The van der Waals surface area contributed by atoms with Crippen molar-refractivity contribution in [1.29, 1.82) is 0 Å². The predicted molar refractivity (Wildman–Crippen MR) is 359 cm³/mol. The topological polar surface area (TPSA) is 234 Å². The molecule has 11 aromatic rings. The normalized spacial score (nSPS) is 10.3. The van der Waals surface area contributed by atoms with Gasteiger partial charge in [0.2, 0.25) is 5.91 Å². The van der Waals surface area contributed by atoms with Gasteiger partial charge in [0, 0.05) is 76.4 Å².